The highest BCUT2D eigenvalue weighted by atomic mass is 35.5. The van der Waals surface area contributed by atoms with Gasteiger partial charge in [0.25, 0.3) is 0 Å². The molecule has 0 aliphatic carbocycles. The monoisotopic (exact) mass is 346 g/mol. The molecule has 1 aromatic carbocycles. The van der Waals surface area contributed by atoms with E-state index in [0.29, 0.717) is 5.46 Å². The van der Waals surface area contributed by atoms with Gasteiger partial charge in [-0.05, 0) is 64.2 Å². The first-order valence-electron chi connectivity index (χ1n) is 7.45. The summed E-state index contributed by atoms with van der Waals surface area (Å²) in [5.74, 6) is 0. The Balaban J connectivity index is 2.45. The van der Waals surface area contributed by atoms with Crippen molar-refractivity contribution in [2.24, 2.45) is 0 Å². The van der Waals surface area contributed by atoms with Crippen molar-refractivity contribution in [3.8, 4) is 0 Å². The molecule has 1 N–H and O–H groups in total. The fourth-order valence-corrected chi connectivity index (χ4v) is 2.44. The molecular formula is C16H22BClF2O3. The summed E-state index contributed by atoms with van der Waals surface area (Å²) in [6.45, 7) is 10.5. The normalized spacial score (nSPS) is 23.0. The van der Waals surface area contributed by atoms with E-state index in [2.05, 4.69) is 0 Å². The molecule has 2 rings (SSSR count). The minimum absolute atomic E-state index is 0.00723. The van der Waals surface area contributed by atoms with Gasteiger partial charge in [0.15, 0.2) is 5.60 Å². The molecule has 0 aromatic heterocycles. The zero-order chi connectivity index (χ0) is 17.8. The first-order valence-corrected chi connectivity index (χ1v) is 7.82. The first-order chi connectivity index (χ1) is 10.2. The van der Waals surface area contributed by atoms with Crippen LogP contribution < -0.4 is 5.46 Å². The molecule has 128 valence electrons. The molecular weight excluding hydrogens is 324 g/mol. The summed E-state index contributed by atoms with van der Waals surface area (Å²) in [5.41, 5.74) is -2.16. The molecule has 23 heavy (non-hydrogen) atoms. The van der Waals surface area contributed by atoms with Gasteiger partial charge >= 0.3 is 12.5 Å². The Labute approximate surface area is 141 Å². The van der Waals surface area contributed by atoms with E-state index < -0.39 is 29.3 Å². The number of alkyl halides is 3. The topological polar surface area (TPSA) is 38.7 Å². The summed E-state index contributed by atoms with van der Waals surface area (Å²) in [6, 6.07) is 4.54. The largest absolute Gasteiger partial charge is 0.495 e. The van der Waals surface area contributed by atoms with E-state index >= 15 is 0 Å². The van der Waals surface area contributed by atoms with Crippen LogP contribution in [0.5, 0.6) is 0 Å². The van der Waals surface area contributed by atoms with Gasteiger partial charge in [0.05, 0.1) is 11.2 Å². The van der Waals surface area contributed by atoms with Crippen LogP contribution in [0.4, 0.5) is 8.78 Å². The van der Waals surface area contributed by atoms with Crippen molar-refractivity contribution in [3.63, 3.8) is 0 Å². The van der Waals surface area contributed by atoms with Crippen LogP contribution in [-0.2, 0) is 14.9 Å². The molecule has 1 heterocycles. The van der Waals surface area contributed by atoms with E-state index in [-0.39, 0.29) is 5.56 Å². The molecule has 0 bridgehead atoms. The lowest BCUT2D eigenvalue weighted by molar-refractivity contribution is -0.120. The maximum absolute atomic E-state index is 13.5. The standard InChI is InChI=1S/C16H22BClF2O3/c1-10-7-8-11(15(6,21)16(18,19)20)9-12(10)17-22-13(2,3)14(4,5)23-17/h7-9,21H,1-6H3. The van der Waals surface area contributed by atoms with Crippen LogP contribution in [-0.4, -0.2) is 28.8 Å². The van der Waals surface area contributed by atoms with Crippen molar-refractivity contribution in [2.75, 3.05) is 0 Å². The molecule has 0 saturated carbocycles. The van der Waals surface area contributed by atoms with E-state index in [1.54, 1.807) is 6.07 Å². The number of rotatable bonds is 3. The zero-order valence-electron chi connectivity index (χ0n) is 14.2. The van der Waals surface area contributed by atoms with Crippen LogP contribution in [0.1, 0.15) is 45.7 Å². The van der Waals surface area contributed by atoms with Crippen molar-refractivity contribution in [1.82, 2.24) is 0 Å². The Kier molecular flexibility index (Phi) is 4.39. The molecule has 1 aliphatic rings. The number of halogens is 3. The highest BCUT2D eigenvalue weighted by Gasteiger charge is 2.53. The second-order valence-corrected chi connectivity index (χ2v) is 7.70. The van der Waals surface area contributed by atoms with E-state index in [1.165, 1.54) is 12.1 Å². The third-order valence-electron chi connectivity index (χ3n) is 4.90. The molecule has 1 aliphatic heterocycles. The average molecular weight is 347 g/mol. The minimum Gasteiger partial charge on any atom is -0.399 e. The predicted molar refractivity (Wildman–Crippen MR) is 87.3 cm³/mol. The lowest BCUT2D eigenvalue weighted by Gasteiger charge is -2.32. The number of aliphatic hydroxyl groups is 1. The van der Waals surface area contributed by atoms with Gasteiger partial charge in [-0.25, -0.2) is 0 Å². The Bertz CT molecular complexity index is 596. The Hall–Kier alpha value is -0.685. The molecule has 1 fully saturated rings. The van der Waals surface area contributed by atoms with Gasteiger partial charge in [-0.15, -0.1) is 0 Å². The molecule has 1 aromatic rings. The molecule has 0 spiro atoms. The third kappa shape index (κ3) is 3.14. The van der Waals surface area contributed by atoms with Crippen LogP contribution in [0, 0.1) is 6.92 Å². The van der Waals surface area contributed by atoms with Crippen molar-refractivity contribution in [2.45, 2.75) is 63.7 Å². The highest BCUT2D eigenvalue weighted by molar-refractivity contribution is 6.62. The SMILES string of the molecule is Cc1ccc(C(C)(O)C(F)(F)Cl)cc1B1OC(C)(C)C(C)(C)O1. The van der Waals surface area contributed by atoms with Crippen molar-refractivity contribution in [1.29, 1.82) is 0 Å². The van der Waals surface area contributed by atoms with Gasteiger partial charge in [-0.3, -0.25) is 0 Å². The molecule has 1 saturated heterocycles. The summed E-state index contributed by atoms with van der Waals surface area (Å²) < 4.78 is 38.9. The van der Waals surface area contributed by atoms with Crippen molar-refractivity contribution < 1.29 is 23.2 Å². The minimum atomic E-state index is -3.80. The second kappa shape index (κ2) is 5.41. The number of hydrogen-bond acceptors (Lipinski definition) is 3. The molecule has 1 unspecified atom stereocenters. The average Bonchev–Trinajstić information content (AvgIpc) is 2.57. The van der Waals surface area contributed by atoms with E-state index in [1.807, 2.05) is 34.6 Å². The fraction of sp³-hybridized carbons (Fsp3) is 0.625. The Morgan fingerprint density at radius 3 is 2.04 bits per heavy atom. The van der Waals surface area contributed by atoms with Gasteiger partial charge in [0.2, 0.25) is 0 Å². The third-order valence-corrected chi connectivity index (χ3v) is 5.27. The summed E-state index contributed by atoms with van der Waals surface area (Å²) in [5, 5.41) is 6.33. The van der Waals surface area contributed by atoms with Gasteiger partial charge < -0.3 is 14.4 Å². The zero-order valence-corrected chi connectivity index (χ0v) is 15.0. The van der Waals surface area contributed by atoms with Crippen molar-refractivity contribution in [3.05, 3.63) is 29.3 Å². The number of benzene rings is 1. The summed E-state index contributed by atoms with van der Waals surface area (Å²) in [4.78, 5) is 0. The predicted octanol–water partition coefficient (Wildman–Crippen LogP) is 3.33. The Morgan fingerprint density at radius 1 is 1.13 bits per heavy atom. The van der Waals surface area contributed by atoms with Gasteiger partial charge in [0.1, 0.15) is 0 Å². The first kappa shape index (κ1) is 18.7. The molecule has 1 atom stereocenters. The quantitative estimate of drug-likeness (QED) is 0.674. The van der Waals surface area contributed by atoms with Crippen LogP contribution in [0.25, 0.3) is 0 Å². The van der Waals surface area contributed by atoms with Crippen LogP contribution in [0.3, 0.4) is 0 Å². The second-order valence-electron chi connectivity index (χ2n) is 7.23. The van der Waals surface area contributed by atoms with E-state index in [4.69, 9.17) is 20.9 Å². The molecule has 7 heteroatoms. The summed E-state index contributed by atoms with van der Waals surface area (Å²) in [7, 11) is -0.695. The van der Waals surface area contributed by atoms with Gasteiger partial charge in [-0.1, -0.05) is 23.8 Å². The fourth-order valence-electron chi connectivity index (χ4n) is 2.33. The maximum Gasteiger partial charge on any atom is 0.495 e. The summed E-state index contributed by atoms with van der Waals surface area (Å²) >= 11 is 5.06. The molecule has 3 nitrogen and oxygen atoms in total. The lowest BCUT2D eigenvalue weighted by atomic mass is 9.74. The van der Waals surface area contributed by atoms with Crippen LogP contribution in [0.15, 0.2) is 18.2 Å². The Morgan fingerprint density at radius 2 is 1.61 bits per heavy atom. The smallest absolute Gasteiger partial charge is 0.399 e. The summed E-state index contributed by atoms with van der Waals surface area (Å²) in [6.07, 6.45) is 0. The molecule has 0 radical (unpaired) electrons. The van der Waals surface area contributed by atoms with E-state index in [0.717, 1.165) is 12.5 Å². The van der Waals surface area contributed by atoms with Gasteiger partial charge in [0, 0.05) is 0 Å². The van der Waals surface area contributed by atoms with Crippen LogP contribution >= 0.6 is 11.6 Å². The molecule has 0 amide bonds. The number of hydrogen-bond donors (Lipinski definition) is 1. The highest BCUT2D eigenvalue weighted by Crippen LogP contribution is 2.41. The maximum atomic E-state index is 13.5. The number of aryl methyl sites for hydroxylation is 1. The van der Waals surface area contributed by atoms with E-state index in [9.17, 15) is 13.9 Å². The van der Waals surface area contributed by atoms with Crippen LogP contribution in [0.2, 0.25) is 0 Å². The van der Waals surface area contributed by atoms with Gasteiger partial charge in [-0.2, -0.15) is 8.78 Å². The lowest BCUT2D eigenvalue weighted by Crippen LogP contribution is -2.41. The van der Waals surface area contributed by atoms with Crippen molar-refractivity contribution >= 4 is 24.2 Å².